The average Bonchev–Trinajstić information content (AvgIpc) is 2.71. The fraction of sp³-hybridized carbons (Fsp3) is 0.600. The van der Waals surface area contributed by atoms with E-state index in [0.29, 0.717) is 16.6 Å². The fourth-order valence-electron chi connectivity index (χ4n) is 1.35. The number of nitrogens with two attached hydrogens (primary N) is 1. The standard InChI is InChI=1S/C10H18N4OS/c1-3-14(4-2)6-5-12-9(15)8-7-13-10(11)16-8/h7H,3-6H2,1-2H3,(H2,11,13)(H,12,15). The van der Waals surface area contributed by atoms with Gasteiger partial charge in [0.15, 0.2) is 5.13 Å². The van der Waals surface area contributed by atoms with Gasteiger partial charge in [-0.15, -0.1) is 0 Å². The number of aromatic nitrogens is 1. The van der Waals surface area contributed by atoms with Crippen LogP contribution in [0.3, 0.4) is 0 Å². The van der Waals surface area contributed by atoms with Crippen LogP contribution in [-0.2, 0) is 0 Å². The lowest BCUT2D eigenvalue weighted by atomic mass is 10.4. The van der Waals surface area contributed by atoms with Crippen molar-refractivity contribution >= 4 is 22.4 Å². The van der Waals surface area contributed by atoms with Gasteiger partial charge in [-0.25, -0.2) is 4.98 Å². The molecule has 0 saturated carbocycles. The van der Waals surface area contributed by atoms with Crippen LogP contribution in [0.1, 0.15) is 23.5 Å². The maximum absolute atomic E-state index is 11.6. The van der Waals surface area contributed by atoms with Crippen LogP contribution in [0.25, 0.3) is 0 Å². The van der Waals surface area contributed by atoms with E-state index in [0.717, 1.165) is 19.6 Å². The minimum atomic E-state index is -0.0960. The van der Waals surface area contributed by atoms with Crippen LogP contribution in [-0.4, -0.2) is 42.0 Å². The van der Waals surface area contributed by atoms with Crippen molar-refractivity contribution in [1.82, 2.24) is 15.2 Å². The molecule has 0 aromatic carbocycles. The number of likely N-dealkylation sites (N-methyl/N-ethyl adjacent to an activating group) is 1. The predicted molar refractivity (Wildman–Crippen MR) is 66.6 cm³/mol. The van der Waals surface area contributed by atoms with Crippen LogP contribution >= 0.6 is 11.3 Å². The molecule has 1 aromatic rings. The number of nitrogens with one attached hydrogen (secondary N) is 1. The number of anilines is 1. The van der Waals surface area contributed by atoms with Gasteiger partial charge in [-0.3, -0.25) is 4.79 Å². The summed E-state index contributed by atoms with van der Waals surface area (Å²) in [5, 5.41) is 3.27. The van der Waals surface area contributed by atoms with E-state index in [1.54, 1.807) is 0 Å². The molecule has 6 heteroatoms. The number of carbonyl (C=O) groups is 1. The molecule has 0 atom stereocenters. The SMILES string of the molecule is CCN(CC)CCNC(=O)c1cnc(N)s1. The number of carbonyl (C=O) groups excluding carboxylic acids is 1. The first kappa shape index (κ1) is 12.9. The summed E-state index contributed by atoms with van der Waals surface area (Å²) in [6, 6.07) is 0. The Hall–Kier alpha value is -1.14. The summed E-state index contributed by atoms with van der Waals surface area (Å²) < 4.78 is 0. The largest absolute Gasteiger partial charge is 0.375 e. The third-order valence-electron chi connectivity index (χ3n) is 2.36. The number of amides is 1. The van der Waals surface area contributed by atoms with Gasteiger partial charge in [0.2, 0.25) is 0 Å². The lowest BCUT2D eigenvalue weighted by Gasteiger charge is -2.17. The Morgan fingerprint density at radius 1 is 1.56 bits per heavy atom. The number of hydrogen-bond acceptors (Lipinski definition) is 5. The van der Waals surface area contributed by atoms with Crippen LogP contribution in [0, 0.1) is 0 Å². The van der Waals surface area contributed by atoms with Crippen LogP contribution in [0.5, 0.6) is 0 Å². The Kier molecular flexibility index (Phi) is 5.21. The molecule has 0 spiro atoms. The lowest BCUT2D eigenvalue weighted by Crippen LogP contribution is -2.34. The van der Waals surface area contributed by atoms with Crippen molar-refractivity contribution in [2.24, 2.45) is 0 Å². The van der Waals surface area contributed by atoms with Crippen LogP contribution < -0.4 is 11.1 Å². The average molecular weight is 242 g/mol. The first-order valence-electron chi connectivity index (χ1n) is 5.39. The van der Waals surface area contributed by atoms with E-state index in [1.165, 1.54) is 17.5 Å². The molecule has 3 N–H and O–H groups in total. The summed E-state index contributed by atoms with van der Waals surface area (Å²) in [4.78, 5) is 18.3. The Morgan fingerprint density at radius 2 is 2.25 bits per heavy atom. The minimum absolute atomic E-state index is 0.0960. The maximum atomic E-state index is 11.6. The molecule has 0 aliphatic carbocycles. The van der Waals surface area contributed by atoms with Gasteiger partial charge in [-0.05, 0) is 13.1 Å². The highest BCUT2D eigenvalue weighted by atomic mass is 32.1. The second-order valence-electron chi connectivity index (χ2n) is 3.35. The Bertz CT molecular complexity index is 335. The van der Waals surface area contributed by atoms with E-state index in [2.05, 4.69) is 29.0 Å². The molecule has 1 heterocycles. The van der Waals surface area contributed by atoms with Gasteiger partial charge in [0.25, 0.3) is 5.91 Å². The summed E-state index contributed by atoms with van der Waals surface area (Å²) in [6.07, 6.45) is 1.51. The number of nitrogens with zero attached hydrogens (tertiary/aromatic N) is 2. The van der Waals surface area contributed by atoms with Crippen LogP contribution in [0.4, 0.5) is 5.13 Å². The highest BCUT2D eigenvalue weighted by molar-refractivity contribution is 7.17. The van der Waals surface area contributed by atoms with Gasteiger partial charge < -0.3 is 16.0 Å². The molecular weight excluding hydrogens is 224 g/mol. The summed E-state index contributed by atoms with van der Waals surface area (Å²) in [6.45, 7) is 7.73. The van der Waals surface area contributed by atoms with Crippen molar-refractivity contribution in [3.05, 3.63) is 11.1 Å². The number of rotatable bonds is 6. The van der Waals surface area contributed by atoms with Gasteiger partial charge in [-0.2, -0.15) is 0 Å². The molecule has 0 aliphatic rings. The molecule has 16 heavy (non-hydrogen) atoms. The normalized spacial score (nSPS) is 10.7. The van der Waals surface area contributed by atoms with Crippen molar-refractivity contribution in [3.63, 3.8) is 0 Å². The van der Waals surface area contributed by atoms with Crippen LogP contribution in [0.2, 0.25) is 0 Å². The lowest BCUT2D eigenvalue weighted by molar-refractivity contribution is 0.0953. The minimum Gasteiger partial charge on any atom is -0.375 e. The van der Waals surface area contributed by atoms with E-state index in [-0.39, 0.29) is 5.91 Å². The van der Waals surface area contributed by atoms with Crippen molar-refractivity contribution in [2.45, 2.75) is 13.8 Å². The number of hydrogen-bond donors (Lipinski definition) is 2. The molecule has 1 aromatic heterocycles. The van der Waals surface area contributed by atoms with Gasteiger partial charge >= 0.3 is 0 Å². The monoisotopic (exact) mass is 242 g/mol. The number of thiazole rings is 1. The first-order valence-corrected chi connectivity index (χ1v) is 6.20. The van der Waals surface area contributed by atoms with Gasteiger partial charge in [0.05, 0.1) is 6.20 Å². The van der Waals surface area contributed by atoms with Gasteiger partial charge in [0, 0.05) is 13.1 Å². The zero-order chi connectivity index (χ0) is 12.0. The predicted octanol–water partition coefficient (Wildman–Crippen LogP) is 0.797. The van der Waals surface area contributed by atoms with Crippen molar-refractivity contribution < 1.29 is 4.79 Å². The highest BCUT2D eigenvalue weighted by Crippen LogP contribution is 2.13. The fourth-order valence-corrected chi connectivity index (χ4v) is 1.95. The van der Waals surface area contributed by atoms with E-state index in [1.807, 2.05) is 0 Å². The van der Waals surface area contributed by atoms with E-state index in [9.17, 15) is 4.79 Å². The highest BCUT2D eigenvalue weighted by Gasteiger charge is 2.08. The Balaban J connectivity index is 2.30. The first-order chi connectivity index (χ1) is 7.67. The van der Waals surface area contributed by atoms with E-state index < -0.39 is 0 Å². The maximum Gasteiger partial charge on any atom is 0.263 e. The topological polar surface area (TPSA) is 71.2 Å². The molecule has 90 valence electrons. The second-order valence-corrected chi connectivity index (χ2v) is 4.41. The molecule has 0 saturated heterocycles. The summed E-state index contributed by atoms with van der Waals surface area (Å²) >= 11 is 1.21. The van der Waals surface area contributed by atoms with Crippen LogP contribution in [0.15, 0.2) is 6.20 Å². The molecular formula is C10H18N4OS. The zero-order valence-electron chi connectivity index (χ0n) is 9.69. The van der Waals surface area contributed by atoms with E-state index in [4.69, 9.17) is 5.73 Å². The third kappa shape index (κ3) is 3.79. The molecule has 5 nitrogen and oxygen atoms in total. The molecule has 0 aliphatic heterocycles. The number of nitrogen functional groups attached to an aromatic ring is 1. The van der Waals surface area contributed by atoms with Gasteiger partial charge in [0.1, 0.15) is 4.88 Å². The molecule has 0 bridgehead atoms. The second kappa shape index (κ2) is 6.44. The van der Waals surface area contributed by atoms with Gasteiger partial charge in [-0.1, -0.05) is 25.2 Å². The Morgan fingerprint density at radius 3 is 2.75 bits per heavy atom. The molecule has 1 rings (SSSR count). The molecule has 0 radical (unpaired) electrons. The third-order valence-corrected chi connectivity index (χ3v) is 3.18. The van der Waals surface area contributed by atoms with Crippen molar-refractivity contribution in [2.75, 3.05) is 31.9 Å². The smallest absolute Gasteiger partial charge is 0.263 e. The molecule has 0 unspecified atom stereocenters. The quantitative estimate of drug-likeness (QED) is 0.774. The van der Waals surface area contributed by atoms with Crippen molar-refractivity contribution in [1.29, 1.82) is 0 Å². The summed E-state index contributed by atoms with van der Waals surface area (Å²) in [5.41, 5.74) is 5.46. The zero-order valence-corrected chi connectivity index (χ0v) is 10.5. The Labute approximate surface area is 99.7 Å². The van der Waals surface area contributed by atoms with E-state index >= 15 is 0 Å². The molecule has 1 amide bonds. The molecule has 0 fully saturated rings. The van der Waals surface area contributed by atoms with Crippen molar-refractivity contribution in [3.8, 4) is 0 Å². The summed E-state index contributed by atoms with van der Waals surface area (Å²) in [5.74, 6) is -0.0960. The summed E-state index contributed by atoms with van der Waals surface area (Å²) in [7, 11) is 0.